The minimum atomic E-state index is -0.599. The summed E-state index contributed by atoms with van der Waals surface area (Å²) in [6.07, 6.45) is 1.36. The van der Waals surface area contributed by atoms with Gasteiger partial charge in [-0.1, -0.05) is 28.1 Å². The van der Waals surface area contributed by atoms with Crippen LogP contribution in [-0.2, 0) is 4.79 Å². The quantitative estimate of drug-likeness (QED) is 0.251. The lowest BCUT2D eigenvalue weighted by Crippen LogP contribution is -2.13. The highest BCUT2D eigenvalue weighted by Gasteiger charge is 2.13. The highest BCUT2D eigenvalue weighted by Crippen LogP contribution is 2.26. The van der Waals surface area contributed by atoms with Crippen LogP contribution in [0.2, 0.25) is 0 Å². The molecule has 0 bridgehead atoms. The average molecular weight is 455 g/mol. The molecule has 0 radical (unpaired) electrons. The van der Waals surface area contributed by atoms with E-state index in [-0.39, 0.29) is 11.3 Å². The van der Waals surface area contributed by atoms with Crippen molar-refractivity contribution >= 4 is 50.1 Å². The number of nitrogens with zero attached hydrogens (tertiary/aromatic N) is 3. The molecule has 1 aromatic heterocycles. The number of thiazole rings is 1. The molecule has 0 aliphatic rings. The van der Waals surface area contributed by atoms with Crippen LogP contribution in [0.4, 0.5) is 10.8 Å². The Balaban J connectivity index is 1.74. The molecule has 0 spiro atoms. The van der Waals surface area contributed by atoms with E-state index in [1.807, 2.05) is 35.7 Å². The minimum absolute atomic E-state index is 0.0663. The Morgan fingerprint density at radius 1 is 1.21 bits per heavy atom. The van der Waals surface area contributed by atoms with Crippen LogP contribution in [0, 0.1) is 21.4 Å². The summed E-state index contributed by atoms with van der Waals surface area (Å²) in [5.41, 5.74) is 1.93. The van der Waals surface area contributed by atoms with Gasteiger partial charge in [0.2, 0.25) is 0 Å². The first kappa shape index (κ1) is 19.4. The molecule has 7 nitrogen and oxygen atoms in total. The van der Waals surface area contributed by atoms with Crippen LogP contribution in [0.5, 0.6) is 0 Å². The molecule has 2 aromatic carbocycles. The second-order valence-electron chi connectivity index (χ2n) is 5.52. The van der Waals surface area contributed by atoms with Crippen molar-refractivity contribution in [2.75, 3.05) is 5.32 Å². The summed E-state index contributed by atoms with van der Waals surface area (Å²) in [6, 6.07) is 15.0. The predicted octanol–water partition coefficient (Wildman–Crippen LogP) is 5.03. The van der Waals surface area contributed by atoms with Crippen LogP contribution < -0.4 is 5.32 Å². The summed E-state index contributed by atoms with van der Waals surface area (Å²) in [6.45, 7) is 0. The highest BCUT2D eigenvalue weighted by atomic mass is 79.9. The lowest BCUT2D eigenvalue weighted by atomic mass is 10.1. The second kappa shape index (κ2) is 8.56. The van der Waals surface area contributed by atoms with E-state index in [4.69, 9.17) is 0 Å². The molecule has 3 aromatic rings. The summed E-state index contributed by atoms with van der Waals surface area (Å²) in [5.74, 6) is -0.599. The number of halogens is 1. The molecule has 1 heterocycles. The van der Waals surface area contributed by atoms with E-state index in [1.165, 1.54) is 41.7 Å². The topological polar surface area (TPSA) is 109 Å². The van der Waals surface area contributed by atoms with Gasteiger partial charge in [-0.2, -0.15) is 5.26 Å². The van der Waals surface area contributed by atoms with Gasteiger partial charge in [0.15, 0.2) is 5.13 Å². The maximum atomic E-state index is 12.4. The number of nitro benzene ring substituents is 1. The SMILES string of the molecule is N#CC(=Cc1ccc([N+](=O)[O-])cc1)C(=O)Nc1nc(-c2ccc(Br)cc2)cs1. The maximum absolute atomic E-state index is 12.4. The zero-order chi connectivity index (χ0) is 20.1. The molecule has 28 heavy (non-hydrogen) atoms. The summed E-state index contributed by atoms with van der Waals surface area (Å²) < 4.78 is 0.954. The van der Waals surface area contributed by atoms with E-state index in [9.17, 15) is 20.2 Å². The van der Waals surface area contributed by atoms with Gasteiger partial charge in [0.25, 0.3) is 11.6 Å². The number of nitriles is 1. The van der Waals surface area contributed by atoms with Crippen molar-refractivity contribution in [3.05, 3.63) is 79.6 Å². The van der Waals surface area contributed by atoms with Gasteiger partial charge in [0, 0.05) is 27.5 Å². The van der Waals surface area contributed by atoms with E-state index in [1.54, 1.807) is 0 Å². The Labute approximate surface area is 172 Å². The predicted molar refractivity (Wildman–Crippen MR) is 111 cm³/mol. The molecule has 0 aliphatic heterocycles. The largest absolute Gasteiger partial charge is 0.297 e. The standard InChI is InChI=1S/C19H11BrN4O3S/c20-15-5-3-13(4-6-15)17-11-28-19(22-17)23-18(25)14(10-21)9-12-1-7-16(8-2-12)24(26)27/h1-9,11H,(H,22,23,25). The van der Waals surface area contributed by atoms with Crippen LogP contribution in [0.25, 0.3) is 17.3 Å². The van der Waals surface area contributed by atoms with E-state index in [0.717, 1.165) is 10.0 Å². The summed E-state index contributed by atoms with van der Waals surface area (Å²) >= 11 is 4.62. The number of non-ortho nitro benzene ring substituents is 1. The Hall–Kier alpha value is -3.35. The normalized spacial score (nSPS) is 10.9. The number of anilines is 1. The van der Waals surface area contributed by atoms with Gasteiger partial charge in [-0.05, 0) is 35.9 Å². The Kier molecular flexibility index (Phi) is 5.93. The molecule has 138 valence electrons. The third-order valence-corrected chi connectivity index (χ3v) is 4.93. The molecule has 0 atom stereocenters. The fourth-order valence-electron chi connectivity index (χ4n) is 2.26. The molecule has 1 amide bonds. The van der Waals surface area contributed by atoms with Crippen molar-refractivity contribution < 1.29 is 9.72 Å². The lowest BCUT2D eigenvalue weighted by molar-refractivity contribution is -0.384. The Morgan fingerprint density at radius 2 is 1.89 bits per heavy atom. The number of hydrogen-bond donors (Lipinski definition) is 1. The van der Waals surface area contributed by atoms with Crippen molar-refractivity contribution in [1.82, 2.24) is 4.98 Å². The molecule has 9 heteroatoms. The fraction of sp³-hybridized carbons (Fsp3) is 0. The number of nitrogens with one attached hydrogen (secondary N) is 1. The van der Waals surface area contributed by atoms with Crippen LogP contribution >= 0.6 is 27.3 Å². The fourth-order valence-corrected chi connectivity index (χ4v) is 3.24. The monoisotopic (exact) mass is 454 g/mol. The molecule has 1 N–H and O–H groups in total. The number of nitro groups is 1. The van der Waals surface area contributed by atoms with Gasteiger partial charge in [-0.15, -0.1) is 11.3 Å². The van der Waals surface area contributed by atoms with Crippen LogP contribution in [-0.4, -0.2) is 15.8 Å². The maximum Gasteiger partial charge on any atom is 0.269 e. The van der Waals surface area contributed by atoms with Crippen molar-refractivity contribution in [3.63, 3.8) is 0 Å². The second-order valence-corrected chi connectivity index (χ2v) is 7.29. The van der Waals surface area contributed by atoms with Crippen molar-refractivity contribution in [2.24, 2.45) is 0 Å². The van der Waals surface area contributed by atoms with Gasteiger partial charge < -0.3 is 0 Å². The molecule has 3 rings (SSSR count). The molecule has 0 aliphatic carbocycles. The van der Waals surface area contributed by atoms with Crippen molar-refractivity contribution in [1.29, 1.82) is 5.26 Å². The van der Waals surface area contributed by atoms with Crippen molar-refractivity contribution in [3.8, 4) is 17.3 Å². The molecular formula is C19H11BrN4O3S. The first-order valence-electron chi connectivity index (χ1n) is 7.85. The number of aromatic nitrogens is 1. The Bertz CT molecular complexity index is 1100. The number of benzene rings is 2. The van der Waals surface area contributed by atoms with Gasteiger partial charge in [0.05, 0.1) is 10.6 Å². The molecule has 0 saturated carbocycles. The molecule has 0 saturated heterocycles. The van der Waals surface area contributed by atoms with E-state index in [2.05, 4.69) is 26.2 Å². The number of carbonyl (C=O) groups is 1. The van der Waals surface area contributed by atoms with E-state index in [0.29, 0.717) is 16.4 Å². The van der Waals surface area contributed by atoms with E-state index < -0.39 is 10.8 Å². The van der Waals surface area contributed by atoms with Gasteiger partial charge >= 0.3 is 0 Å². The zero-order valence-corrected chi connectivity index (χ0v) is 16.5. The third kappa shape index (κ3) is 4.68. The number of hydrogen-bond acceptors (Lipinski definition) is 6. The molecular weight excluding hydrogens is 444 g/mol. The first-order valence-corrected chi connectivity index (χ1v) is 9.52. The van der Waals surface area contributed by atoms with Crippen LogP contribution in [0.3, 0.4) is 0 Å². The minimum Gasteiger partial charge on any atom is -0.297 e. The lowest BCUT2D eigenvalue weighted by Gasteiger charge is -2.01. The van der Waals surface area contributed by atoms with Crippen LogP contribution in [0.15, 0.2) is 64.0 Å². The molecule has 0 unspecified atom stereocenters. The third-order valence-electron chi connectivity index (χ3n) is 3.64. The number of amides is 1. The van der Waals surface area contributed by atoms with Crippen molar-refractivity contribution in [2.45, 2.75) is 0 Å². The summed E-state index contributed by atoms with van der Waals surface area (Å²) in [7, 11) is 0. The van der Waals surface area contributed by atoms with Gasteiger partial charge in [0.1, 0.15) is 11.6 Å². The Morgan fingerprint density at radius 3 is 2.50 bits per heavy atom. The first-order chi connectivity index (χ1) is 13.5. The molecule has 0 fully saturated rings. The van der Waals surface area contributed by atoms with Gasteiger partial charge in [-0.3, -0.25) is 20.2 Å². The van der Waals surface area contributed by atoms with Gasteiger partial charge in [-0.25, -0.2) is 4.98 Å². The average Bonchev–Trinajstić information content (AvgIpc) is 3.15. The smallest absolute Gasteiger partial charge is 0.269 e. The summed E-state index contributed by atoms with van der Waals surface area (Å²) in [5, 5.41) is 24.8. The highest BCUT2D eigenvalue weighted by molar-refractivity contribution is 9.10. The number of carbonyl (C=O) groups excluding carboxylic acids is 1. The number of rotatable bonds is 5. The van der Waals surface area contributed by atoms with Crippen LogP contribution in [0.1, 0.15) is 5.56 Å². The zero-order valence-electron chi connectivity index (χ0n) is 14.1. The van der Waals surface area contributed by atoms with E-state index >= 15 is 0 Å². The summed E-state index contributed by atoms with van der Waals surface area (Å²) in [4.78, 5) is 26.9.